The van der Waals surface area contributed by atoms with E-state index in [0.717, 1.165) is 24.9 Å². The van der Waals surface area contributed by atoms with Gasteiger partial charge in [0.25, 0.3) is 0 Å². The van der Waals surface area contributed by atoms with Crippen molar-refractivity contribution in [3.8, 4) is 0 Å². The first-order chi connectivity index (χ1) is 13.5. The topological polar surface area (TPSA) is 81.9 Å². The number of carbonyl (C=O) groups excluding carboxylic acids is 1. The van der Waals surface area contributed by atoms with Crippen LogP contribution in [0.4, 0.5) is 11.6 Å². The Hall–Kier alpha value is -2.67. The van der Waals surface area contributed by atoms with Gasteiger partial charge in [0.1, 0.15) is 5.52 Å². The molecule has 0 saturated heterocycles. The van der Waals surface area contributed by atoms with E-state index in [0.29, 0.717) is 35.4 Å². The Morgan fingerprint density at radius 2 is 2.11 bits per heavy atom. The first-order valence-corrected chi connectivity index (χ1v) is 9.74. The third-order valence-corrected chi connectivity index (χ3v) is 4.77. The summed E-state index contributed by atoms with van der Waals surface area (Å²) in [5, 5.41) is 3.55. The fraction of sp³-hybridized carbons (Fsp3) is 0.400. The van der Waals surface area contributed by atoms with Gasteiger partial charge in [0.05, 0.1) is 12.9 Å². The third-order valence-electron chi connectivity index (χ3n) is 4.51. The van der Waals surface area contributed by atoms with Gasteiger partial charge in [-0.25, -0.2) is 4.98 Å². The molecule has 148 valence electrons. The number of unbranched alkanes of at least 4 members (excludes halogenated alkanes) is 1. The highest BCUT2D eigenvalue weighted by Gasteiger charge is 2.12. The lowest BCUT2D eigenvalue weighted by Crippen LogP contribution is -2.04. The highest BCUT2D eigenvalue weighted by Crippen LogP contribution is 2.24. The molecule has 0 unspecified atom stereocenters. The van der Waals surface area contributed by atoms with Crippen LogP contribution in [0.15, 0.2) is 24.5 Å². The van der Waals surface area contributed by atoms with Crippen molar-refractivity contribution < 1.29 is 9.53 Å². The Bertz CT molecular complexity index is 986. The molecule has 0 amide bonds. The second-order valence-electron chi connectivity index (χ2n) is 6.62. The molecule has 28 heavy (non-hydrogen) atoms. The van der Waals surface area contributed by atoms with Gasteiger partial charge in [0, 0.05) is 19.2 Å². The fourth-order valence-corrected chi connectivity index (χ4v) is 3.20. The number of fused-ring (bicyclic) bond motifs is 1. The average Bonchev–Trinajstić information content (AvgIpc) is 3.06. The summed E-state index contributed by atoms with van der Waals surface area (Å²) < 4.78 is 6.90. The highest BCUT2D eigenvalue weighted by molar-refractivity contribution is 6.33. The first kappa shape index (κ1) is 20.1. The molecule has 0 aliphatic heterocycles. The zero-order valence-corrected chi connectivity index (χ0v) is 17.1. The number of esters is 1. The molecule has 0 atom stereocenters. The van der Waals surface area contributed by atoms with Crippen LogP contribution in [0.3, 0.4) is 0 Å². The van der Waals surface area contributed by atoms with Crippen molar-refractivity contribution in [1.82, 2.24) is 19.5 Å². The maximum atomic E-state index is 10.8. The van der Waals surface area contributed by atoms with Gasteiger partial charge in [-0.05, 0) is 49.4 Å². The fourth-order valence-electron chi connectivity index (χ4n) is 2.99. The largest absolute Gasteiger partial charge is 0.466 e. The summed E-state index contributed by atoms with van der Waals surface area (Å²) in [7, 11) is 0. The van der Waals surface area contributed by atoms with E-state index < -0.39 is 0 Å². The molecule has 0 saturated carbocycles. The summed E-state index contributed by atoms with van der Waals surface area (Å²) in [5.74, 6) is 0.177. The van der Waals surface area contributed by atoms with E-state index >= 15 is 0 Å². The molecule has 0 aliphatic rings. The zero-order chi connectivity index (χ0) is 20.1. The van der Waals surface area contributed by atoms with E-state index in [1.54, 1.807) is 6.33 Å². The second-order valence-corrected chi connectivity index (χ2v) is 6.97. The Morgan fingerprint density at radius 3 is 2.86 bits per heavy atom. The van der Waals surface area contributed by atoms with Crippen LogP contribution < -0.4 is 5.32 Å². The molecule has 8 heteroatoms. The molecule has 0 spiro atoms. The Labute approximate surface area is 169 Å². The minimum atomic E-state index is -0.259. The molecule has 1 aromatic carbocycles. The number of hydrogen-bond acceptors (Lipinski definition) is 6. The number of halogens is 1. The SMILES string of the molecule is CCc1cc(Nc2nc(Cl)c3ncn(CCCCOC(C)=O)c3n2)ccc1C. The number of aromatic nitrogens is 4. The quantitative estimate of drug-likeness (QED) is 0.341. The van der Waals surface area contributed by atoms with Gasteiger partial charge in [-0.1, -0.05) is 24.6 Å². The molecule has 0 bridgehead atoms. The molecular formula is C20H24ClN5O2. The maximum absolute atomic E-state index is 10.8. The molecule has 1 N–H and O–H groups in total. The number of rotatable bonds is 8. The van der Waals surface area contributed by atoms with Crippen LogP contribution >= 0.6 is 11.6 Å². The number of imidazole rings is 1. The maximum Gasteiger partial charge on any atom is 0.302 e. The summed E-state index contributed by atoms with van der Waals surface area (Å²) >= 11 is 6.32. The second kappa shape index (κ2) is 9.01. The number of anilines is 2. The Kier molecular flexibility index (Phi) is 6.46. The van der Waals surface area contributed by atoms with Gasteiger partial charge >= 0.3 is 5.97 Å². The van der Waals surface area contributed by atoms with Crippen molar-refractivity contribution >= 4 is 40.4 Å². The number of ether oxygens (including phenoxy) is 1. The van der Waals surface area contributed by atoms with Crippen LogP contribution in [-0.4, -0.2) is 32.1 Å². The van der Waals surface area contributed by atoms with E-state index in [9.17, 15) is 4.79 Å². The highest BCUT2D eigenvalue weighted by atomic mass is 35.5. The lowest BCUT2D eigenvalue weighted by atomic mass is 10.1. The van der Waals surface area contributed by atoms with Crippen LogP contribution in [-0.2, 0) is 22.5 Å². The molecule has 0 radical (unpaired) electrons. The Morgan fingerprint density at radius 1 is 1.29 bits per heavy atom. The number of nitrogens with zero attached hydrogens (tertiary/aromatic N) is 4. The average molecular weight is 402 g/mol. The predicted octanol–water partition coefficient (Wildman–Crippen LogP) is 4.44. The molecule has 0 fully saturated rings. The molecule has 2 aromatic heterocycles. The lowest BCUT2D eigenvalue weighted by Gasteiger charge is -2.10. The molecule has 7 nitrogen and oxygen atoms in total. The number of benzene rings is 1. The van der Waals surface area contributed by atoms with Crippen LogP contribution in [0, 0.1) is 6.92 Å². The van der Waals surface area contributed by atoms with E-state index in [-0.39, 0.29) is 5.97 Å². The van der Waals surface area contributed by atoms with E-state index in [4.69, 9.17) is 16.3 Å². The van der Waals surface area contributed by atoms with Gasteiger partial charge < -0.3 is 14.6 Å². The van der Waals surface area contributed by atoms with Crippen molar-refractivity contribution in [2.24, 2.45) is 0 Å². The standard InChI is InChI=1S/C20H24ClN5O2/c1-4-15-11-16(8-7-13(15)2)23-20-24-18(21)17-19(25-20)26(12-22-17)9-5-6-10-28-14(3)27/h7-8,11-12H,4-6,9-10H2,1-3H3,(H,23,24,25). The van der Waals surface area contributed by atoms with Crippen molar-refractivity contribution in [2.75, 3.05) is 11.9 Å². The molecular weight excluding hydrogens is 378 g/mol. The van der Waals surface area contributed by atoms with Crippen molar-refractivity contribution in [2.45, 2.75) is 46.6 Å². The lowest BCUT2D eigenvalue weighted by molar-refractivity contribution is -0.141. The van der Waals surface area contributed by atoms with E-state index in [2.05, 4.69) is 46.2 Å². The number of hydrogen-bond donors (Lipinski definition) is 1. The molecule has 2 heterocycles. The molecule has 3 aromatic rings. The van der Waals surface area contributed by atoms with Crippen LogP contribution in [0.1, 0.15) is 37.8 Å². The summed E-state index contributed by atoms with van der Waals surface area (Å²) in [4.78, 5) is 24.1. The van der Waals surface area contributed by atoms with Crippen LogP contribution in [0.5, 0.6) is 0 Å². The smallest absolute Gasteiger partial charge is 0.302 e. The minimum Gasteiger partial charge on any atom is -0.466 e. The van der Waals surface area contributed by atoms with Crippen LogP contribution in [0.25, 0.3) is 11.2 Å². The van der Waals surface area contributed by atoms with E-state index in [1.807, 2.05) is 10.6 Å². The normalized spacial score (nSPS) is 11.0. The number of nitrogens with one attached hydrogen (secondary N) is 1. The molecule has 0 aliphatic carbocycles. The predicted molar refractivity (Wildman–Crippen MR) is 110 cm³/mol. The monoisotopic (exact) mass is 401 g/mol. The van der Waals surface area contributed by atoms with Crippen molar-refractivity contribution in [3.63, 3.8) is 0 Å². The summed E-state index contributed by atoms with van der Waals surface area (Å²) in [6.45, 7) is 6.76. The van der Waals surface area contributed by atoms with Gasteiger partial charge in [-0.15, -0.1) is 0 Å². The zero-order valence-electron chi connectivity index (χ0n) is 16.3. The van der Waals surface area contributed by atoms with Gasteiger partial charge in [0.2, 0.25) is 5.95 Å². The minimum absolute atomic E-state index is 0.259. The van der Waals surface area contributed by atoms with Crippen molar-refractivity contribution in [3.05, 3.63) is 40.8 Å². The summed E-state index contributed by atoms with van der Waals surface area (Å²) in [5.41, 5.74) is 4.71. The van der Waals surface area contributed by atoms with Gasteiger partial charge in [-0.2, -0.15) is 9.97 Å². The third kappa shape index (κ3) is 4.78. The van der Waals surface area contributed by atoms with Gasteiger partial charge in [-0.3, -0.25) is 4.79 Å². The molecule has 3 rings (SSSR count). The Balaban J connectivity index is 1.76. The van der Waals surface area contributed by atoms with Gasteiger partial charge in [0.15, 0.2) is 10.8 Å². The number of aryl methyl sites for hydroxylation is 3. The summed E-state index contributed by atoms with van der Waals surface area (Å²) in [6, 6.07) is 6.18. The van der Waals surface area contributed by atoms with Crippen LogP contribution in [0.2, 0.25) is 5.15 Å². The number of carbonyl (C=O) groups is 1. The van der Waals surface area contributed by atoms with E-state index in [1.165, 1.54) is 18.1 Å². The first-order valence-electron chi connectivity index (χ1n) is 9.36. The summed E-state index contributed by atoms with van der Waals surface area (Å²) in [6.07, 6.45) is 4.28. The van der Waals surface area contributed by atoms with Crippen molar-refractivity contribution in [1.29, 1.82) is 0 Å².